The van der Waals surface area contributed by atoms with Crippen LogP contribution in [0.1, 0.15) is 24.8 Å². The number of piperidine rings is 1. The van der Waals surface area contributed by atoms with Gasteiger partial charge in [-0.2, -0.15) is 0 Å². The van der Waals surface area contributed by atoms with E-state index in [-0.39, 0.29) is 0 Å². The molecule has 1 aromatic rings. The standard InChI is InChI=1S/C17H19ClN2O4/c18-13-6-2-1-5-12(13)8-9-16(22)24-11-15(21)20-10-4-3-7-14(20)17(19)23/h1-2,5-6,8-9,14H,3-4,7,10-11H2,(H2,19,23)/b9-8+/t14-/m0/s1. The number of likely N-dealkylation sites (tertiary alicyclic amines) is 1. The predicted molar refractivity (Wildman–Crippen MR) is 90.0 cm³/mol. The van der Waals surface area contributed by atoms with Crippen LogP contribution in [0.25, 0.3) is 6.08 Å². The number of ether oxygens (including phenoxy) is 1. The van der Waals surface area contributed by atoms with Crippen molar-refractivity contribution < 1.29 is 19.1 Å². The summed E-state index contributed by atoms with van der Waals surface area (Å²) in [5, 5.41) is 0.509. The molecule has 1 aliphatic heterocycles. The Morgan fingerprint density at radius 3 is 2.75 bits per heavy atom. The molecular weight excluding hydrogens is 332 g/mol. The number of halogens is 1. The summed E-state index contributed by atoms with van der Waals surface area (Å²) in [6.45, 7) is 0.0227. The molecule has 128 valence electrons. The molecule has 1 aromatic carbocycles. The van der Waals surface area contributed by atoms with Crippen LogP contribution in [0.3, 0.4) is 0 Å². The molecule has 2 amide bonds. The molecule has 0 unspecified atom stereocenters. The lowest BCUT2D eigenvalue weighted by Crippen LogP contribution is -2.51. The number of hydrogen-bond donors (Lipinski definition) is 1. The van der Waals surface area contributed by atoms with E-state index in [0.29, 0.717) is 23.6 Å². The van der Waals surface area contributed by atoms with E-state index < -0.39 is 30.4 Å². The van der Waals surface area contributed by atoms with Gasteiger partial charge in [-0.1, -0.05) is 29.8 Å². The summed E-state index contributed by atoms with van der Waals surface area (Å²) < 4.78 is 4.93. The Kier molecular flexibility index (Phi) is 6.37. The number of esters is 1. The Bertz CT molecular complexity index is 660. The largest absolute Gasteiger partial charge is 0.452 e. The van der Waals surface area contributed by atoms with Gasteiger partial charge in [0, 0.05) is 17.6 Å². The van der Waals surface area contributed by atoms with E-state index >= 15 is 0 Å². The van der Waals surface area contributed by atoms with E-state index in [2.05, 4.69) is 0 Å². The molecule has 1 atom stereocenters. The van der Waals surface area contributed by atoms with Crippen LogP contribution in [0.5, 0.6) is 0 Å². The van der Waals surface area contributed by atoms with Gasteiger partial charge >= 0.3 is 5.97 Å². The Morgan fingerprint density at radius 2 is 2.04 bits per heavy atom. The molecule has 0 aromatic heterocycles. The van der Waals surface area contributed by atoms with Crippen molar-refractivity contribution in [3.05, 3.63) is 40.9 Å². The number of carbonyl (C=O) groups excluding carboxylic acids is 3. The maximum atomic E-state index is 12.1. The number of amides is 2. The number of nitrogens with zero attached hydrogens (tertiary/aromatic N) is 1. The number of rotatable bonds is 5. The van der Waals surface area contributed by atoms with Crippen molar-refractivity contribution in [2.45, 2.75) is 25.3 Å². The third-order valence-corrected chi connectivity index (χ3v) is 4.14. The quantitative estimate of drug-likeness (QED) is 0.647. The Morgan fingerprint density at radius 1 is 1.29 bits per heavy atom. The highest BCUT2D eigenvalue weighted by Crippen LogP contribution is 2.17. The molecule has 2 rings (SSSR count). The molecule has 0 spiro atoms. The molecule has 1 heterocycles. The van der Waals surface area contributed by atoms with Crippen LogP contribution in [0.4, 0.5) is 0 Å². The van der Waals surface area contributed by atoms with Crippen molar-refractivity contribution in [2.24, 2.45) is 5.73 Å². The predicted octanol–water partition coefficient (Wildman–Crippen LogP) is 1.76. The summed E-state index contributed by atoms with van der Waals surface area (Å²) >= 11 is 5.97. The zero-order valence-electron chi connectivity index (χ0n) is 13.1. The van der Waals surface area contributed by atoms with Crippen LogP contribution in [-0.2, 0) is 19.1 Å². The third-order valence-electron chi connectivity index (χ3n) is 3.79. The van der Waals surface area contributed by atoms with Gasteiger partial charge in [-0.3, -0.25) is 9.59 Å². The molecule has 7 heteroatoms. The van der Waals surface area contributed by atoms with Crippen LogP contribution in [0.2, 0.25) is 5.02 Å². The van der Waals surface area contributed by atoms with Gasteiger partial charge in [0.25, 0.3) is 5.91 Å². The molecule has 6 nitrogen and oxygen atoms in total. The van der Waals surface area contributed by atoms with Crippen molar-refractivity contribution in [3.63, 3.8) is 0 Å². The zero-order valence-corrected chi connectivity index (χ0v) is 13.9. The lowest BCUT2D eigenvalue weighted by Gasteiger charge is -2.33. The van der Waals surface area contributed by atoms with Gasteiger partial charge < -0.3 is 15.4 Å². The monoisotopic (exact) mass is 350 g/mol. The number of benzene rings is 1. The van der Waals surface area contributed by atoms with Crippen molar-refractivity contribution >= 4 is 35.5 Å². The van der Waals surface area contributed by atoms with Crippen molar-refractivity contribution in [1.82, 2.24) is 4.90 Å². The summed E-state index contributed by atoms with van der Waals surface area (Å²) in [5.41, 5.74) is 5.99. The maximum Gasteiger partial charge on any atom is 0.331 e. The van der Waals surface area contributed by atoms with Crippen LogP contribution in [0.15, 0.2) is 30.3 Å². The summed E-state index contributed by atoms with van der Waals surface area (Å²) in [4.78, 5) is 36.6. The smallest absolute Gasteiger partial charge is 0.331 e. The fraction of sp³-hybridized carbons (Fsp3) is 0.353. The fourth-order valence-electron chi connectivity index (χ4n) is 2.56. The first kappa shape index (κ1) is 18.0. The molecule has 1 aliphatic rings. The van der Waals surface area contributed by atoms with Gasteiger partial charge in [0.1, 0.15) is 6.04 Å². The highest BCUT2D eigenvalue weighted by Gasteiger charge is 2.30. The van der Waals surface area contributed by atoms with Crippen LogP contribution in [0, 0.1) is 0 Å². The second kappa shape index (κ2) is 8.49. The van der Waals surface area contributed by atoms with Gasteiger partial charge in [0.2, 0.25) is 5.91 Å². The average molecular weight is 351 g/mol. The Labute approximate surface area is 145 Å². The first-order chi connectivity index (χ1) is 11.5. The second-order valence-corrected chi connectivity index (χ2v) is 5.87. The fourth-order valence-corrected chi connectivity index (χ4v) is 2.76. The van der Waals surface area contributed by atoms with E-state index in [4.69, 9.17) is 22.1 Å². The minimum absolute atomic E-state index is 0.419. The van der Waals surface area contributed by atoms with E-state index in [1.165, 1.54) is 17.1 Å². The lowest BCUT2D eigenvalue weighted by atomic mass is 10.0. The van der Waals surface area contributed by atoms with E-state index in [0.717, 1.165) is 12.8 Å². The molecular formula is C17H19ClN2O4. The van der Waals surface area contributed by atoms with Crippen molar-refractivity contribution in [2.75, 3.05) is 13.2 Å². The third kappa shape index (κ3) is 4.83. The molecule has 1 fully saturated rings. The number of nitrogens with two attached hydrogens (primary N) is 1. The zero-order chi connectivity index (χ0) is 17.5. The first-order valence-electron chi connectivity index (χ1n) is 7.67. The SMILES string of the molecule is NC(=O)[C@@H]1CCCCN1C(=O)COC(=O)/C=C/c1ccccc1Cl. The number of carbonyl (C=O) groups is 3. The van der Waals surface area contributed by atoms with Gasteiger partial charge in [0.15, 0.2) is 6.61 Å². The molecule has 1 saturated heterocycles. The lowest BCUT2D eigenvalue weighted by molar-refractivity contribution is -0.151. The van der Waals surface area contributed by atoms with E-state index in [1.807, 2.05) is 0 Å². The molecule has 2 N–H and O–H groups in total. The van der Waals surface area contributed by atoms with E-state index in [1.54, 1.807) is 24.3 Å². The van der Waals surface area contributed by atoms with Crippen molar-refractivity contribution in [1.29, 1.82) is 0 Å². The summed E-state index contributed by atoms with van der Waals surface area (Å²) in [6.07, 6.45) is 4.91. The molecule has 0 radical (unpaired) electrons. The van der Waals surface area contributed by atoms with Gasteiger partial charge in [-0.15, -0.1) is 0 Å². The van der Waals surface area contributed by atoms with Crippen LogP contribution < -0.4 is 5.73 Å². The van der Waals surface area contributed by atoms with Crippen LogP contribution in [-0.4, -0.2) is 41.9 Å². The molecule has 24 heavy (non-hydrogen) atoms. The molecule has 0 saturated carbocycles. The minimum Gasteiger partial charge on any atom is -0.452 e. The Hall–Kier alpha value is -2.34. The average Bonchev–Trinajstić information content (AvgIpc) is 2.59. The van der Waals surface area contributed by atoms with Gasteiger partial charge in [0.05, 0.1) is 0 Å². The van der Waals surface area contributed by atoms with Gasteiger partial charge in [-0.05, 0) is 37.0 Å². The Balaban J connectivity index is 1.88. The maximum absolute atomic E-state index is 12.1. The molecule has 0 bridgehead atoms. The van der Waals surface area contributed by atoms with Crippen molar-refractivity contribution in [3.8, 4) is 0 Å². The first-order valence-corrected chi connectivity index (χ1v) is 8.05. The minimum atomic E-state index is -0.657. The highest BCUT2D eigenvalue weighted by atomic mass is 35.5. The summed E-state index contributed by atoms with van der Waals surface area (Å²) in [5.74, 6) is -1.61. The normalized spacial score (nSPS) is 17.7. The van der Waals surface area contributed by atoms with E-state index in [9.17, 15) is 14.4 Å². The number of primary amides is 1. The molecule has 0 aliphatic carbocycles. The summed E-state index contributed by atoms with van der Waals surface area (Å²) in [6, 6.07) is 6.41. The number of hydrogen-bond acceptors (Lipinski definition) is 4. The van der Waals surface area contributed by atoms with Crippen LogP contribution >= 0.6 is 11.6 Å². The second-order valence-electron chi connectivity index (χ2n) is 5.46. The topological polar surface area (TPSA) is 89.7 Å². The summed E-state index contributed by atoms with van der Waals surface area (Å²) in [7, 11) is 0. The highest BCUT2D eigenvalue weighted by molar-refractivity contribution is 6.32. The van der Waals surface area contributed by atoms with Gasteiger partial charge in [-0.25, -0.2) is 4.79 Å².